The highest BCUT2D eigenvalue weighted by Gasteiger charge is 2.15. The predicted octanol–water partition coefficient (Wildman–Crippen LogP) is 1.71. The molecule has 1 heterocycles. The lowest BCUT2D eigenvalue weighted by Crippen LogP contribution is -2.24. The van der Waals surface area contributed by atoms with Gasteiger partial charge in [-0.15, -0.1) is 5.01 Å². The molecular weight excluding hydrogens is 160 g/mol. The number of rotatable bonds is 1. The number of hydrazine groups is 1. The Morgan fingerprint density at radius 1 is 1.31 bits per heavy atom. The number of benzene rings is 1. The van der Waals surface area contributed by atoms with E-state index < -0.39 is 0 Å². The lowest BCUT2D eigenvalue weighted by Gasteiger charge is -2.11. The molecule has 0 aromatic heterocycles. The van der Waals surface area contributed by atoms with Crippen molar-refractivity contribution in [2.24, 2.45) is 0 Å². The maximum Gasteiger partial charge on any atom is 0.255 e. The molecular formula is C11H11N2+. The van der Waals surface area contributed by atoms with E-state index in [1.165, 1.54) is 11.3 Å². The van der Waals surface area contributed by atoms with Gasteiger partial charge in [0.25, 0.3) is 5.87 Å². The van der Waals surface area contributed by atoms with E-state index in [0.717, 1.165) is 0 Å². The van der Waals surface area contributed by atoms with Gasteiger partial charge in [-0.25, -0.2) is 0 Å². The fraction of sp³-hybridized carbons (Fsp3) is 0.182. The number of hydrazone groups is 1. The molecule has 2 heteroatoms. The van der Waals surface area contributed by atoms with E-state index in [1.807, 2.05) is 35.1 Å². The van der Waals surface area contributed by atoms with Gasteiger partial charge < -0.3 is 0 Å². The number of nitrogens with zero attached hydrogens (tertiary/aromatic N) is 2. The molecule has 0 spiro atoms. The van der Waals surface area contributed by atoms with Crippen LogP contribution in [0.4, 0.5) is 5.69 Å². The van der Waals surface area contributed by atoms with E-state index in [9.17, 15) is 0 Å². The van der Waals surface area contributed by atoms with Crippen LogP contribution in [0.5, 0.6) is 0 Å². The first-order valence-corrected chi connectivity index (χ1v) is 4.22. The Morgan fingerprint density at radius 2 is 2.08 bits per heavy atom. The van der Waals surface area contributed by atoms with E-state index in [2.05, 4.69) is 30.7 Å². The van der Waals surface area contributed by atoms with E-state index in [1.54, 1.807) is 0 Å². The van der Waals surface area contributed by atoms with Crippen molar-refractivity contribution in [2.75, 3.05) is 12.1 Å². The third kappa shape index (κ3) is 1.29. The molecule has 1 aliphatic rings. The molecule has 0 radical (unpaired) electrons. The van der Waals surface area contributed by atoms with E-state index in [0.29, 0.717) is 0 Å². The quantitative estimate of drug-likeness (QED) is 0.460. The SMILES string of the molecule is Cc1ccccc1N1C=C=C=[N+]1C. The highest BCUT2D eigenvalue weighted by atomic mass is 15.5. The first-order chi connectivity index (χ1) is 6.29. The van der Waals surface area contributed by atoms with Gasteiger partial charge in [0.2, 0.25) is 0 Å². The Bertz CT molecular complexity index is 433. The normalized spacial score (nSPS) is 13.7. The summed E-state index contributed by atoms with van der Waals surface area (Å²) >= 11 is 0. The van der Waals surface area contributed by atoms with Crippen LogP contribution in [0.25, 0.3) is 0 Å². The Balaban J connectivity index is 2.45. The smallest absolute Gasteiger partial charge is 0.111 e. The third-order valence-corrected chi connectivity index (χ3v) is 2.10. The molecule has 0 atom stereocenters. The molecule has 0 bridgehead atoms. The molecule has 1 aromatic rings. The van der Waals surface area contributed by atoms with E-state index in [-0.39, 0.29) is 0 Å². The highest BCUT2D eigenvalue weighted by Crippen LogP contribution is 2.19. The van der Waals surface area contributed by atoms with Crippen molar-refractivity contribution in [3.63, 3.8) is 0 Å². The van der Waals surface area contributed by atoms with Gasteiger partial charge in [-0.3, -0.25) is 0 Å². The van der Waals surface area contributed by atoms with Crippen LogP contribution in [0.3, 0.4) is 0 Å². The third-order valence-electron chi connectivity index (χ3n) is 2.10. The molecule has 0 amide bonds. The van der Waals surface area contributed by atoms with Crippen LogP contribution in [-0.2, 0) is 0 Å². The van der Waals surface area contributed by atoms with Gasteiger partial charge in [0.05, 0.1) is 0 Å². The first kappa shape index (κ1) is 7.88. The summed E-state index contributed by atoms with van der Waals surface area (Å²) < 4.78 is 1.88. The molecule has 0 fully saturated rings. The van der Waals surface area contributed by atoms with Crippen LogP contribution in [0.1, 0.15) is 5.56 Å². The fourth-order valence-electron chi connectivity index (χ4n) is 1.38. The average molecular weight is 171 g/mol. The lowest BCUT2D eigenvalue weighted by atomic mass is 10.2. The average Bonchev–Trinajstić information content (AvgIpc) is 2.52. The molecule has 0 saturated heterocycles. The molecule has 1 aliphatic heterocycles. The highest BCUT2D eigenvalue weighted by molar-refractivity contribution is 5.58. The molecule has 1 aromatic carbocycles. The largest absolute Gasteiger partial charge is 0.255 e. The van der Waals surface area contributed by atoms with Crippen molar-refractivity contribution in [3.05, 3.63) is 41.8 Å². The summed E-state index contributed by atoms with van der Waals surface area (Å²) in [6.45, 7) is 2.09. The molecule has 2 rings (SSSR count). The minimum atomic E-state index is 1.17. The summed E-state index contributed by atoms with van der Waals surface area (Å²) in [5.74, 6) is 2.95. The fourth-order valence-corrected chi connectivity index (χ4v) is 1.38. The number of aryl methyl sites for hydroxylation is 1. The zero-order valence-corrected chi connectivity index (χ0v) is 7.78. The Morgan fingerprint density at radius 3 is 2.69 bits per heavy atom. The number of hydrogen-bond acceptors (Lipinski definition) is 1. The summed E-state index contributed by atoms with van der Waals surface area (Å²) in [5, 5.41) is 2.01. The van der Waals surface area contributed by atoms with Crippen molar-refractivity contribution in [1.82, 2.24) is 0 Å². The topological polar surface area (TPSA) is 6.25 Å². The summed E-state index contributed by atoms with van der Waals surface area (Å²) in [6, 6.07) is 8.24. The van der Waals surface area contributed by atoms with Crippen molar-refractivity contribution in [2.45, 2.75) is 6.92 Å². The van der Waals surface area contributed by atoms with Crippen LogP contribution in [-0.4, -0.2) is 17.6 Å². The van der Waals surface area contributed by atoms with Gasteiger partial charge in [-0.05, 0) is 18.6 Å². The lowest BCUT2D eigenvalue weighted by molar-refractivity contribution is -0.493. The van der Waals surface area contributed by atoms with Crippen LogP contribution in [0.15, 0.2) is 36.2 Å². The zero-order chi connectivity index (χ0) is 9.26. The Hall–Kier alpha value is -1.75. The molecule has 64 valence electrons. The van der Waals surface area contributed by atoms with Gasteiger partial charge in [0, 0.05) is 5.73 Å². The van der Waals surface area contributed by atoms with E-state index >= 15 is 0 Å². The molecule has 0 unspecified atom stereocenters. The van der Waals surface area contributed by atoms with Crippen LogP contribution in [0, 0.1) is 6.92 Å². The molecule has 13 heavy (non-hydrogen) atoms. The summed E-state index contributed by atoms with van der Waals surface area (Å²) in [6.07, 6.45) is 1.88. The van der Waals surface area contributed by atoms with Crippen molar-refractivity contribution >= 4 is 11.6 Å². The van der Waals surface area contributed by atoms with E-state index in [4.69, 9.17) is 0 Å². The molecule has 0 aliphatic carbocycles. The Labute approximate surface area is 77.7 Å². The number of anilines is 1. The summed E-state index contributed by atoms with van der Waals surface area (Å²) in [5.41, 5.74) is 5.34. The second-order valence-electron chi connectivity index (χ2n) is 3.04. The second-order valence-corrected chi connectivity index (χ2v) is 3.04. The molecule has 0 N–H and O–H groups in total. The van der Waals surface area contributed by atoms with Gasteiger partial charge in [-0.1, -0.05) is 22.9 Å². The van der Waals surface area contributed by atoms with Crippen LogP contribution >= 0.6 is 0 Å². The van der Waals surface area contributed by atoms with Crippen molar-refractivity contribution in [3.8, 4) is 0 Å². The molecule has 2 nitrogen and oxygen atoms in total. The van der Waals surface area contributed by atoms with Gasteiger partial charge in [0.15, 0.2) is 7.05 Å². The standard InChI is InChI=1S/C11H11N2/c1-10-6-3-4-7-11(10)13-9-5-8-12(13)2/h3-4,6-7,9H,1-2H3/q+1. The maximum absolute atomic E-state index is 2.95. The van der Waals surface area contributed by atoms with Crippen LogP contribution in [0.2, 0.25) is 0 Å². The maximum atomic E-state index is 2.95. The van der Waals surface area contributed by atoms with Gasteiger partial charge in [0.1, 0.15) is 11.9 Å². The minimum Gasteiger partial charge on any atom is -0.111 e. The monoisotopic (exact) mass is 171 g/mol. The molecule has 0 saturated carbocycles. The van der Waals surface area contributed by atoms with Gasteiger partial charge >= 0.3 is 0 Å². The number of hydrogen-bond donors (Lipinski definition) is 0. The first-order valence-electron chi connectivity index (χ1n) is 4.22. The van der Waals surface area contributed by atoms with Crippen molar-refractivity contribution in [1.29, 1.82) is 0 Å². The Kier molecular flexibility index (Phi) is 1.79. The summed E-state index contributed by atoms with van der Waals surface area (Å²) in [4.78, 5) is 0. The van der Waals surface area contributed by atoms with Crippen LogP contribution < -0.4 is 5.01 Å². The zero-order valence-electron chi connectivity index (χ0n) is 7.78. The predicted molar refractivity (Wildman–Crippen MR) is 52.9 cm³/mol. The van der Waals surface area contributed by atoms with Gasteiger partial charge in [-0.2, -0.15) is 0 Å². The summed E-state index contributed by atoms with van der Waals surface area (Å²) in [7, 11) is 1.95. The number of para-hydroxylation sites is 1. The minimum absolute atomic E-state index is 1.17. The second kappa shape index (κ2) is 2.95. The van der Waals surface area contributed by atoms with Crippen molar-refractivity contribution < 1.29 is 4.68 Å².